The lowest BCUT2D eigenvalue weighted by molar-refractivity contribution is -0.0500. The molecule has 0 spiro atoms. The van der Waals surface area contributed by atoms with Crippen molar-refractivity contribution in [3.8, 4) is 16.9 Å². The molecule has 0 aliphatic heterocycles. The molecule has 10 heteroatoms. The summed E-state index contributed by atoms with van der Waals surface area (Å²) >= 11 is 0. The lowest BCUT2D eigenvalue weighted by Crippen LogP contribution is -2.14. The second-order valence-corrected chi connectivity index (χ2v) is 6.80. The first-order valence-electron chi connectivity index (χ1n) is 9.56. The van der Waals surface area contributed by atoms with Crippen molar-refractivity contribution in [1.82, 2.24) is 19.9 Å². The first-order chi connectivity index (χ1) is 15.4. The quantitative estimate of drug-likeness (QED) is 0.465. The van der Waals surface area contributed by atoms with Crippen LogP contribution in [-0.2, 0) is 0 Å². The van der Waals surface area contributed by atoms with Gasteiger partial charge in [0.25, 0.3) is 5.91 Å². The third-order valence-electron chi connectivity index (χ3n) is 4.67. The minimum absolute atomic E-state index is 0.0486. The number of rotatable bonds is 6. The lowest BCUT2D eigenvalue weighted by Gasteiger charge is -2.11. The first kappa shape index (κ1) is 21.0. The molecule has 1 amide bonds. The fourth-order valence-electron chi connectivity index (χ4n) is 3.08. The molecule has 4 rings (SSSR count). The van der Waals surface area contributed by atoms with Gasteiger partial charge < -0.3 is 15.4 Å². The second-order valence-electron chi connectivity index (χ2n) is 6.80. The Labute approximate surface area is 181 Å². The standard InChI is InChI=1S/C22H18F2N6O2/c1-12-17(13-5-14-9-29-20(25-2)7-19(14)27-8-13)6-15(10-26-12)30-21(31)18-4-3-16(11-28-18)32-22(23)24/h3-11,22H,1-2H3,(H,25,29)(H,30,31). The Morgan fingerprint density at radius 1 is 1.00 bits per heavy atom. The third-order valence-corrected chi connectivity index (χ3v) is 4.67. The number of pyridine rings is 4. The number of hydrogen-bond donors (Lipinski definition) is 2. The number of nitrogens with zero attached hydrogens (tertiary/aromatic N) is 4. The Balaban J connectivity index is 1.57. The predicted octanol–water partition coefficient (Wildman–Crippen LogP) is 4.29. The van der Waals surface area contributed by atoms with Gasteiger partial charge in [0, 0.05) is 47.7 Å². The normalized spacial score (nSPS) is 10.9. The Morgan fingerprint density at radius 2 is 1.84 bits per heavy atom. The molecule has 0 aromatic carbocycles. The van der Waals surface area contributed by atoms with Crippen LogP contribution in [0.5, 0.6) is 5.75 Å². The molecule has 0 aliphatic carbocycles. The lowest BCUT2D eigenvalue weighted by atomic mass is 10.0. The average Bonchev–Trinajstić information content (AvgIpc) is 2.79. The number of hydrogen-bond acceptors (Lipinski definition) is 7. The number of anilines is 2. The molecular formula is C22H18F2N6O2. The van der Waals surface area contributed by atoms with Gasteiger partial charge in [0.15, 0.2) is 0 Å². The fourth-order valence-corrected chi connectivity index (χ4v) is 3.08. The summed E-state index contributed by atoms with van der Waals surface area (Å²) in [6.07, 6.45) is 6.06. The molecule has 2 N–H and O–H groups in total. The highest BCUT2D eigenvalue weighted by atomic mass is 19.3. The number of ether oxygens (including phenoxy) is 1. The van der Waals surface area contributed by atoms with E-state index in [1.165, 1.54) is 18.3 Å². The van der Waals surface area contributed by atoms with Gasteiger partial charge >= 0.3 is 6.61 Å². The maximum atomic E-state index is 12.5. The first-order valence-corrected chi connectivity index (χ1v) is 9.56. The van der Waals surface area contributed by atoms with Crippen molar-refractivity contribution in [3.05, 3.63) is 66.5 Å². The van der Waals surface area contributed by atoms with Gasteiger partial charge in [-0.15, -0.1) is 0 Å². The smallest absolute Gasteiger partial charge is 0.387 e. The molecule has 4 aromatic heterocycles. The molecule has 8 nitrogen and oxygen atoms in total. The molecule has 0 saturated heterocycles. The van der Waals surface area contributed by atoms with Crippen LogP contribution in [0.3, 0.4) is 0 Å². The zero-order valence-electron chi connectivity index (χ0n) is 17.1. The molecule has 0 radical (unpaired) electrons. The van der Waals surface area contributed by atoms with E-state index in [0.717, 1.165) is 39.7 Å². The monoisotopic (exact) mass is 436 g/mol. The summed E-state index contributed by atoms with van der Waals surface area (Å²) in [6, 6.07) is 8.14. The summed E-state index contributed by atoms with van der Waals surface area (Å²) in [5, 5.41) is 6.56. The van der Waals surface area contributed by atoms with Crippen LogP contribution in [0.15, 0.2) is 55.1 Å². The summed E-state index contributed by atoms with van der Waals surface area (Å²) < 4.78 is 28.7. The molecule has 0 saturated carbocycles. The van der Waals surface area contributed by atoms with Crippen LogP contribution in [0, 0.1) is 6.92 Å². The maximum absolute atomic E-state index is 12.5. The number of amides is 1. The van der Waals surface area contributed by atoms with E-state index in [0.29, 0.717) is 5.69 Å². The zero-order valence-corrected chi connectivity index (χ0v) is 17.1. The van der Waals surface area contributed by atoms with Gasteiger partial charge in [0.05, 0.1) is 23.6 Å². The van der Waals surface area contributed by atoms with Gasteiger partial charge in [-0.25, -0.2) is 9.97 Å². The molecule has 4 aromatic rings. The molecule has 0 bridgehead atoms. The van der Waals surface area contributed by atoms with Crippen molar-refractivity contribution in [2.45, 2.75) is 13.5 Å². The number of aromatic nitrogens is 4. The van der Waals surface area contributed by atoms with Gasteiger partial charge in [0.1, 0.15) is 17.3 Å². The van der Waals surface area contributed by atoms with Crippen LogP contribution in [-0.4, -0.2) is 39.5 Å². The van der Waals surface area contributed by atoms with Crippen LogP contribution < -0.4 is 15.4 Å². The summed E-state index contributed by atoms with van der Waals surface area (Å²) in [5.74, 6) is 0.0873. The Kier molecular flexibility index (Phi) is 5.84. The van der Waals surface area contributed by atoms with E-state index in [4.69, 9.17) is 0 Å². The van der Waals surface area contributed by atoms with Gasteiger partial charge in [-0.2, -0.15) is 8.78 Å². The fraction of sp³-hybridized carbons (Fsp3) is 0.136. The number of halogens is 2. The van der Waals surface area contributed by atoms with E-state index in [2.05, 4.69) is 35.3 Å². The predicted molar refractivity (Wildman–Crippen MR) is 116 cm³/mol. The number of fused-ring (bicyclic) bond motifs is 1. The highest BCUT2D eigenvalue weighted by molar-refractivity contribution is 6.03. The summed E-state index contributed by atoms with van der Waals surface area (Å²) in [6.45, 7) is -1.10. The Morgan fingerprint density at radius 3 is 2.56 bits per heavy atom. The highest BCUT2D eigenvalue weighted by Crippen LogP contribution is 2.27. The molecule has 0 atom stereocenters. The van der Waals surface area contributed by atoms with Crippen molar-refractivity contribution >= 4 is 28.3 Å². The molecule has 0 fully saturated rings. The summed E-state index contributed by atoms with van der Waals surface area (Å²) in [5.41, 5.74) is 3.68. The topological polar surface area (TPSA) is 102 Å². The number of nitrogens with one attached hydrogen (secondary N) is 2. The van der Waals surface area contributed by atoms with E-state index in [1.54, 1.807) is 25.5 Å². The second kappa shape index (κ2) is 8.88. The summed E-state index contributed by atoms with van der Waals surface area (Å²) in [7, 11) is 1.79. The van der Waals surface area contributed by atoms with E-state index in [9.17, 15) is 13.6 Å². The highest BCUT2D eigenvalue weighted by Gasteiger charge is 2.12. The third kappa shape index (κ3) is 4.59. The number of carbonyl (C=O) groups excluding carboxylic acids is 1. The van der Waals surface area contributed by atoms with Crippen LogP contribution in [0.25, 0.3) is 22.0 Å². The minimum atomic E-state index is -2.96. The van der Waals surface area contributed by atoms with Crippen molar-refractivity contribution in [2.24, 2.45) is 0 Å². The van der Waals surface area contributed by atoms with E-state index < -0.39 is 12.5 Å². The minimum Gasteiger partial charge on any atom is -0.433 e. The number of alkyl halides is 2. The summed E-state index contributed by atoms with van der Waals surface area (Å²) in [4.78, 5) is 29.5. The van der Waals surface area contributed by atoms with Crippen molar-refractivity contribution in [1.29, 1.82) is 0 Å². The average molecular weight is 436 g/mol. The van der Waals surface area contributed by atoms with E-state index in [-0.39, 0.29) is 11.4 Å². The van der Waals surface area contributed by atoms with Gasteiger partial charge in [-0.1, -0.05) is 0 Å². The molecule has 4 heterocycles. The van der Waals surface area contributed by atoms with Gasteiger partial charge in [-0.05, 0) is 31.2 Å². The largest absolute Gasteiger partial charge is 0.433 e. The van der Waals surface area contributed by atoms with Crippen molar-refractivity contribution in [2.75, 3.05) is 17.7 Å². The molecule has 32 heavy (non-hydrogen) atoms. The van der Waals surface area contributed by atoms with E-state index >= 15 is 0 Å². The Hall–Kier alpha value is -4.21. The zero-order chi connectivity index (χ0) is 22.7. The van der Waals surface area contributed by atoms with Gasteiger partial charge in [0.2, 0.25) is 0 Å². The van der Waals surface area contributed by atoms with Crippen LogP contribution in [0.2, 0.25) is 0 Å². The molecule has 0 unspecified atom stereocenters. The van der Waals surface area contributed by atoms with Crippen LogP contribution in [0.1, 0.15) is 16.2 Å². The molecular weight excluding hydrogens is 418 g/mol. The van der Waals surface area contributed by atoms with E-state index in [1.807, 2.05) is 19.1 Å². The SMILES string of the molecule is CNc1cc2ncc(-c3cc(NC(=O)c4ccc(OC(F)F)cn4)cnc3C)cc2cn1. The van der Waals surface area contributed by atoms with Crippen LogP contribution in [0.4, 0.5) is 20.3 Å². The van der Waals surface area contributed by atoms with Crippen molar-refractivity contribution in [3.63, 3.8) is 0 Å². The maximum Gasteiger partial charge on any atom is 0.387 e. The van der Waals surface area contributed by atoms with Gasteiger partial charge in [-0.3, -0.25) is 14.8 Å². The van der Waals surface area contributed by atoms with Crippen LogP contribution >= 0.6 is 0 Å². The number of aryl methyl sites for hydroxylation is 1. The Bertz CT molecular complexity index is 1280. The molecule has 162 valence electrons. The van der Waals surface area contributed by atoms with Crippen molar-refractivity contribution < 1.29 is 18.3 Å². The number of carbonyl (C=O) groups is 1. The molecule has 0 aliphatic rings.